The van der Waals surface area contributed by atoms with E-state index < -0.39 is 0 Å². The molecule has 0 bridgehead atoms. The lowest BCUT2D eigenvalue weighted by molar-refractivity contribution is 0.0949. The van der Waals surface area contributed by atoms with Crippen molar-refractivity contribution in [3.63, 3.8) is 0 Å². The Kier molecular flexibility index (Phi) is 5.46. The first-order valence-corrected chi connectivity index (χ1v) is 6.99. The van der Waals surface area contributed by atoms with Crippen molar-refractivity contribution in [1.82, 2.24) is 5.32 Å². The van der Waals surface area contributed by atoms with Crippen LogP contribution >= 0.6 is 11.6 Å². The summed E-state index contributed by atoms with van der Waals surface area (Å²) in [4.78, 5) is 11.9. The molecule has 4 nitrogen and oxygen atoms in total. The molecule has 0 saturated heterocycles. The number of nitrogens with one attached hydrogen (secondary N) is 1. The second-order valence-corrected chi connectivity index (χ2v) is 4.87. The van der Waals surface area contributed by atoms with E-state index in [1.54, 1.807) is 0 Å². The van der Waals surface area contributed by atoms with E-state index in [1.165, 1.54) is 18.2 Å². The Morgan fingerprint density at radius 3 is 2.71 bits per heavy atom. The van der Waals surface area contributed by atoms with Crippen LogP contribution in [0.15, 0.2) is 48.5 Å². The molecule has 2 aromatic carbocycles. The first-order valence-electron chi connectivity index (χ1n) is 6.61. The number of aromatic hydroxyl groups is 1. The van der Waals surface area contributed by atoms with Gasteiger partial charge in [0.1, 0.15) is 11.5 Å². The van der Waals surface area contributed by atoms with Crippen molar-refractivity contribution in [2.24, 2.45) is 0 Å². The topological polar surface area (TPSA) is 58.6 Å². The van der Waals surface area contributed by atoms with Gasteiger partial charge in [0, 0.05) is 11.6 Å². The molecule has 0 aliphatic heterocycles. The van der Waals surface area contributed by atoms with Gasteiger partial charge in [0.2, 0.25) is 0 Å². The molecule has 0 fully saturated rings. The van der Waals surface area contributed by atoms with Gasteiger partial charge in [0.15, 0.2) is 0 Å². The first-order chi connectivity index (χ1) is 10.2. The molecule has 2 aromatic rings. The Bertz CT molecular complexity index is 602. The van der Waals surface area contributed by atoms with Crippen LogP contribution < -0.4 is 10.1 Å². The van der Waals surface area contributed by atoms with Crippen LogP contribution in [0.4, 0.5) is 0 Å². The highest BCUT2D eigenvalue weighted by molar-refractivity contribution is 6.31. The molecule has 0 aromatic heterocycles. The van der Waals surface area contributed by atoms with Crippen LogP contribution in [-0.4, -0.2) is 24.2 Å². The molecule has 110 valence electrons. The maximum absolute atomic E-state index is 11.9. The van der Waals surface area contributed by atoms with E-state index in [2.05, 4.69) is 5.32 Å². The summed E-state index contributed by atoms with van der Waals surface area (Å²) < 4.78 is 5.51. The van der Waals surface area contributed by atoms with Gasteiger partial charge >= 0.3 is 0 Å². The van der Waals surface area contributed by atoms with E-state index in [0.29, 0.717) is 24.6 Å². The molecular formula is C16H16ClNO3. The van der Waals surface area contributed by atoms with Crippen LogP contribution in [-0.2, 0) is 0 Å². The second-order valence-electron chi connectivity index (χ2n) is 4.43. The lowest BCUT2D eigenvalue weighted by atomic mass is 10.2. The Labute approximate surface area is 128 Å². The maximum atomic E-state index is 11.9. The van der Waals surface area contributed by atoms with Gasteiger partial charge in [-0.05, 0) is 36.8 Å². The largest absolute Gasteiger partial charge is 0.507 e. The number of amides is 1. The monoisotopic (exact) mass is 305 g/mol. The summed E-state index contributed by atoms with van der Waals surface area (Å²) in [6, 6.07) is 13.8. The number of carbonyl (C=O) groups excluding carboxylic acids is 1. The summed E-state index contributed by atoms with van der Waals surface area (Å²) in [5.74, 6) is 0.364. The summed E-state index contributed by atoms with van der Waals surface area (Å²) in [7, 11) is 0. The highest BCUT2D eigenvalue weighted by Gasteiger charge is 2.10. The second kappa shape index (κ2) is 7.55. The van der Waals surface area contributed by atoms with Gasteiger partial charge in [-0.3, -0.25) is 4.79 Å². The van der Waals surface area contributed by atoms with E-state index in [9.17, 15) is 9.90 Å². The molecule has 0 unspecified atom stereocenters. The van der Waals surface area contributed by atoms with Crippen molar-refractivity contribution in [1.29, 1.82) is 0 Å². The molecule has 0 atom stereocenters. The fraction of sp³-hybridized carbons (Fsp3) is 0.188. The van der Waals surface area contributed by atoms with Crippen LogP contribution in [0, 0.1) is 0 Å². The van der Waals surface area contributed by atoms with Crippen molar-refractivity contribution >= 4 is 17.5 Å². The van der Waals surface area contributed by atoms with E-state index in [4.69, 9.17) is 16.3 Å². The SMILES string of the molecule is O=C(NCCCOc1ccccc1)c1cc(Cl)ccc1O. The highest BCUT2D eigenvalue weighted by atomic mass is 35.5. The van der Waals surface area contributed by atoms with Gasteiger partial charge in [-0.15, -0.1) is 0 Å². The number of hydrogen-bond donors (Lipinski definition) is 2. The number of phenols is 1. The third-order valence-corrected chi connectivity index (χ3v) is 3.06. The molecule has 0 radical (unpaired) electrons. The molecule has 0 aliphatic rings. The van der Waals surface area contributed by atoms with Gasteiger partial charge in [-0.1, -0.05) is 29.8 Å². The van der Waals surface area contributed by atoms with Crippen molar-refractivity contribution in [3.8, 4) is 11.5 Å². The number of rotatable bonds is 6. The minimum atomic E-state index is -0.352. The molecule has 2 rings (SSSR count). The third-order valence-electron chi connectivity index (χ3n) is 2.82. The van der Waals surface area contributed by atoms with E-state index in [0.717, 1.165) is 5.75 Å². The van der Waals surface area contributed by atoms with Gasteiger partial charge in [-0.2, -0.15) is 0 Å². The first kappa shape index (κ1) is 15.2. The molecule has 0 saturated carbocycles. The Morgan fingerprint density at radius 2 is 1.95 bits per heavy atom. The van der Waals surface area contributed by atoms with Gasteiger partial charge < -0.3 is 15.2 Å². The third kappa shape index (κ3) is 4.68. The van der Waals surface area contributed by atoms with Crippen LogP contribution in [0.5, 0.6) is 11.5 Å². The Morgan fingerprint density at radius 1 is 1.19 bits per heavy atom. The maximum Gasteiger partial charge on any atom is 0.255 e. The zero-order chi connectivity index (χ0) is 15.1. The van der Waals surface area contributed by atoms with Crippen molar-refractivity contribution < 1.29 is 14.6 Å². The number of halogens is 1. The molecule has 5 heteroatoms. The number of hydrogen-bond acceptors (Lipinski definition) is 3. The fourth-order valence-electron chi connectivity index (χ4n) is 1.77. The summed E-state index contributed by atoms with van der Waals surface area (Å²) in [6.07, 6.45) is 0.669. The van der Waals surface area contributed by atoms with Crippen LogP contribution in [0.2, 0.25) is 5.02 Å². The fourth-order valence-corrected chi connectivity index (χ4v) is 1.94. The summed E-state index contributed by atoms with van der Waals surface area (Å²) in [6.45, 7) is 0.962. The lowest BCUT2D eigenvalue weighted by Crippen LogP contribution is -2.25. The summed E-state index contributed by atoms with van der Waals surface area (Å²) in [5.41, 5.74) is 0.173. The van der Waals surface area contributed by atoms with Crippen molar-refractivity contribution in [2.75, 3.05) is 13.2 Å². The van der Waals surface area contributed by atoms with E-state index in [-0.39, 0.29) is 17.2 Å². The Balaban J connectivity index is 1.73. The average molecular weight is 306 g/mol. The normalized spacial score (nSPS) is 10.1. The predicted molar refractivity (Wildman–Crippen MR) is 82.0 cm³/mol. The van der Waals surface area contributed by atoms with Crippen LogP contribution in [0.25, 0.3) is 0 Å². The zero-order valence-corrected chi connectivity index (χ0v) is 12.1. The molecule has 1 amide bonds. The molecule has 0 aliphatic carbocycles. The Hall–Kier alpha value is -2.20. The van der Waals surface area contributed by atoms with Gasteiger partial charge in [0.25, 0.3) is 5.91 Å². The van der Waals surface area contributed by atoms with Crippen LogP contribution in [0.3, 0.4) is 0 Å². The number of carbonyl (C=O) groups is 1. The number of phenolic OH excluding ortho intramolecular Hbond substituents is 1. The molecule has 21 heavy (non-hydrogen) atoms. The molecule has 0 spiro atoms. The van der Waals surface area contributed by atoms with Crippen LogP contribution in [0.1, 0.15) is 16.8 Å². The zero-order valence-electron chi connectivity index (χ0n) is 11.4. The molecule has 0 heterocycles. The number of ether oxygens (including phenoxy) is 1. The van der Waals surface area contributed by atoms with Gasteiger partial charge in [-0.25, -0.2) is 0 Å². The average Bonchev–Trinajstić information content (AvgIpc) is 2.50. The standard InChI is InChI=1S/C16H16ClNO3/c17-12-7-8-15(19)14(11-12)16(20)18-9-4-10-21-13-5-2-1-3-6-13/h1-3,5-8,11,19H,4,9-10H2,(H,18,20). The molecule has 2 N–H and O–H groups in total. The minimum absolute atomic E-state index is 0.0857. The number of benzene rings is 2. The highest BCUT2D eigenvalue weighted by Crippen LogP contribution is 2.21. The predicted octanol–water partition coefficient (Wildman–Crippen LogP) is 3.24. The number of para-hydroxylation sites is 1. The lowest BCUT2D eigenvalue weighted by Gasteiger charge is -2.08. The van der Waals surface area contributed by atoms with E-state index >= 15 is 0 Å². The summed E-state index contributed by atoms with van der Waals surface area (Å²) >= 11 is 5.80. The minimum Gasteiger partial charge on any atom is -0.507 e. The summed E-state index contributed by atoms with van der Waals surface area (Å²) in [5, 5.41) is 12.7. The molecular weight excluding hydrogens is 290 g/mol. The van der Waals surface area contributed by atoms with Crippen molar-refractivity contribution in [2.45, 2.75) is 6.42 Å². The van der Waals surface area contributed by atoms with E-state index in [1.807, 2.05) is 30.3 Å². The van der Waals surface area contributed by atoms with Crippen molar-refractivity contribution in [3.05, 3.63) is 59.1 Å². The smallest absolute Gasteiger partial charge is 0.255 e. The quantitative estimate of drug-likeness (QED) is 0.806. The van der Waals surface area contributed by atoms with Gasteiger partial charge in [0.05, 0.1) is 12.2 Å².